The van der Waals surface area contributed by atoms with Crippen LogP contribution in [-0.2, 0) is 4.79 Å². The molecular formula is C18H12ClN3O2S. The molecule has 0 fully saturated rings. The van der Waals surface area contributed by atoms with Gasteiger partial charge in [0.05, 0.1) is 17.6 Å². The minimum atomic E-state index is -0.193. The number of amides is 1. The predicted octanol–water partition coefficient (Wildman–Crippen LogP) is 4.60. The van der Waals surface area contributed by atoms with Crippen molar-refractivity contribution in [2.75, 3.05) is 11.1 Å². The van der Waals surface area contributed by atoms with Crippen molar-refractivity contribution in [3.05, 3.63) is 65.4 Å². The zero-order valence-corrected chi connectivity index (χ0v) is 14.5. The Labute approximate surface area is 153 Å². The highest BCUT2D eigenvalue weighted by Crippen LogP contribution is 2.25. The summed E-state index contributed by atoms with van der Waals surface area (Å²) >= 11 is 7.02. The number of anilines is 1. The molecule has 0 atom stereocenters. The van der Waals surface area contributed by atoms with E-state index in [-0.39, 0.29) is 11.7 Å². The van der Waals surface area contributed by atoms with Crippen LogP contribution in [0.1, 0.15) is 5.56 Å². The molecule has 3 rings (SSSR count). The van der Waals surface area contributed by atoms with E-state index in [4.69, 9.17) is 16.0 Å². The predicted molar refractivity (Wildman–Crippen MR) is 97.5 cm³/mol. The lowest BCUT2D eigenvalue weighted by atomic mass is 10.2. The Hall–Kier alpha value is -2.75. The molecule has 0 bridgehead atoms. The van der Waals surface area contributed by atoms with Crippen molar-refractivity contribution < 1.29 is 9.21 Å². The summed E-state index contributed by atoms with van der Waals surface area (Å²) in [7, 11) is 0. The summed E-state index contributed by atoms with van der Waals surface area (Å²) in [5.74, 6) is 0.546. The zero-order valence-electron chi connectivity index (χ0n) is 12.9. The first kappa shape index (κ1) is 17.1. The molecule has 0 radical (unpaired) electrons. The molecule has 0 aliphatic carbocycles. The van der Waals surface area contributed by atoms with Crippen molar-refractivity contribution >= 4 is 35.0 Å². The smallest absolute Gasteiger partial charge is 0.234 e. The first-order valence-electron chi connectivity index (χ1n) is 7.29. The standard InChI is InChI=1S/C18H12ClN3O2S/c19-13-4-6-14(7-5-13)21-17(23)11-25-18-12(10-20)3-8-15(22-18)16-2-1-9-24-16/h1-9H,11H2,(H,21,23). The van der Waals surface area contributed by atoms with Gasteiger partial charge in [0, 0.05) is 10.7 Å². The number of pyridine rings is 1. The SMILES string of the molecule is N#Cc1ccc(-c2ccco2)nc1SCC(=O)Nc1ccc(Cl)cc1. The fourth-order valence-electron chi connectivity index (χ4n) is 2.06. The molecule has 5 nitrogen and oxygen atoms in total. The topological polar surface area (TPSA) is 78.9 Å². The lowest BCUT2D eigenvalue weighted by molar-refractivity contribution is -0.113. The van der Waals surface area contributed by atoms with Crippen molar-refractivity contribution in [1.82, 2.24) is 4.98 Å². The average Bonchev–Trinajstić information content (AvgIpc) is 3.16. The van der Waals surface area contributed by atoms with Gasteiger partial charge in [0.15, 0.2) is 5.76 Å². The second-order valence-electron chi connectivity index (χ2n) is 4.98. The van der Waals surface area contributed by atoms with Crippen LogP contribution in [0.25, 0.3) is 11.5 Å². The van der Waals surface area contributed by atoms with Crippen LogP contribution in [0.2, 0.25) is 5.02 Å². The van der Waals surface area contributed by atoms with Crippen LogP contribution in [0.4, 0.5) is 5.69 Å². The van der Waals surface area contributed by atoms with E-state index < -0.39 is 0 Å². The van der Waals surface area contributed by atoms with E-state index in [2.05, 4.69) is 16.4 Å². The van der Waals surface area contributed by atoms with E-state index in [1.807, 2.05) is 0 Å². The number of carbonyl (C=O) groups is 1. The van der Waals surface area contributed by atoms with E-state index in [9.17, 15) is 10.1 Å². The van der Waals surface area contributed by atoms with Gasteiger partial charge in [0.25, 0.3) is 0 Å². The fourth-order valence-corrected chi connectivity index (χ4v) is 2.96. The summed E-state index contributed by atoms with van der Waals surface area (Å²) in [6.07, 6.45) is 1.56. The molecule has 1 N–H and O–H groups in total. The summed E-state index contributed by atoms with van der Waals surface area (Å²) in [4.78, 5) is 16.5. The van der Waals surface area contributed by atoms with Crippen LogP contribution in [0.5, 0.6) is 0 Å². The maximum atomic E-state index is 12.1. The summed E-state index contributed by atoms with van der Waals surface area (Å²) in [5, 5.41) is 13.1. The first-order valence-corrected chi connectivity index (χ1v) is 8.65. The number of rotatable bonds is 5. The van der Waals surface area contributed by atoms with Crippen molar-refractivity contribution in [3.63, 3.8) is 0 Å². The van der Waals surface area contributed by atoms with Gasteiger partial charge in [-0.15, -0.1) is 0 Å². The van der Waals surface area contributed by atoms with E-state index in [1.54, 1.807) is 54.8 Å². The molecule has 124 valence electrons. The number of hydrogen-bond acceptors (Lipinski definition) is 5. The van der Waals surface area contributed by atoms with Crippen LogP contribution >= 0.6 is 23.4 Å². The summed E-state index contributed by atoms with van der Waals surface area (Å²) in [5.41, 5.74) is 1.69. The molecule has 1 aromatic carbocycles. The quantitative estimate of drug-likeness (QED) is 0.665. The first-order chi connectivity index (χ1) is 12.2. The third-order valence-electron chi connectivity index (χ3n) is 3.22. The van der Waals surface area contributed by atoms with Crippen LogP contribution in [0, 0.1) is 11.3 Å². The fraction of sp³-hybridized carbons (Fsp3) is 0.0556. The molecule has 0 saturated heterocycles. The van der Waals surface area contributed by atoms with Gasteiger partial charge in [-0.3, -0.25) is 4.79 Å². The molecule has 25 heavy (non-hydrogen) atoms. The van der Waals surface area contributed by atoms with Crippen molar-refractivity contribution in [3.8, 4) is 17.5 Å². The number of nitrogens with one attached hydrogen (secondary N) is 1. The Kier molecular flexibility index (Phi) is 5.39. The number of nitrogens with zero attached hydrogens (tertiary/aromatic N) is 2. The Balaban J connectivity index is 1.69. The summed E-state index contributed by atoms with van der Waals surface area (Å²) in [6, 6.07) is 15.9. The minimum Gasteiger partial charge on any atom is -0.463 e. The summed E-state index contributed by atoms with van der Waals surface area (Å²) in [6.45, 7) is 0. The Bertz CT molecular complexity index is 918. The number of halogens is 1. The van der Waals surface area contributed by atoms with E-state index >= 15 is 0 Å². The third-order valence-corrected chi connectivity index (χ3v) is 4.47. The molecule has 0 aliphatic heterocycles. The van der Waals surface area contributed by atoms with Crippen LogP contribution in [0.15, 0.2) is 64.2 Å². The van der Waals surface area contributed by atoms with E-state index in [1.165, 1.54) is 11.8 Å². The monoisotopic (exact) mass is 369 g/mol. The van der Waals surface area contributed by atoms with Gasteiger partial charge < -0.3 is 9.73 Å². The molecule has 0 unspecified atom stereocenters. The molecule has 0 spiro atoms. The summed E-state index contributed by atoms with van der Waals surface area (Å²) < 4.78 is 5.32. The minimum absolute atomic E-state index is 0.131. The molecule has 2 aromatic heterocycles. The van der Waals surface area contributed by atoms with Crippen molar-refractivity contribution in [1.29, 1.82) is 5.26 Å². The van der Waals surface area contributed by atoms with Gasteiger partial charge in [-0.05, 0) is 48.5 Å². The van der Waals surface area contributed by atoms with Crippen LogP contribution < -0.4 is 5.32 Å². The molecule has 2 heterocycles. The van der Waals surface area contributed by atoms with Gasteiger partial charge in [-0.25, -0.2) is 4.98 Å². The number of carbonyl (C=O) groups excluding carboxylic acids is 1. The Morgan fingerprint density at radius 3 is 2.72 bits per heavy atom. The Morgan fingerprint density at radius 1 is 1.24 bits per heavy atom. The number of benzene rings is 1. The molecule has 1 amide bonds. The average molecular weight is 370 g/mol. The maximum absolute atomic E-state index is 12.1. The largest absolute Gasteiger partial charge is 0.463 e. The second-order valence-corrected chi connectivity index (χ2v) is 6.38. The van der Waals surface area contributed by atoms with Gasteiger partial charge in [-0.2, -0.15) is 5.26 Å². The van der Waals surface area contributed by atoms with E-state index in [0.717, 1.165) is 0 Å². The van der Waals surface area contributed by atoms with E-state index in [0.29, 0.717) is 32.8 Å². The van der Waals surface area contributed by atoms with Gasteiger partial charge >= 0.3 is 0 Å². The molecule has 3 aromatic rings. The van der Waals surface area contributed by atoms with Gasteiger partial charge in [0.1, 0.15) is 16.8 Å². The number of aromatic nitrogens is 1. The van der Waals surface area contributed by atoms with Crippen LogP contribution in [0.3, 0.4) is 0 Å². The molecule has 0 aliphatic rings. The highest BCUT2D eigenvalue weighted by atomic mass is 35.5. The lowest BCUT2D eigenvalue weighted by Crippen LogP contribution is -2.14. The highest BCUT2D eigenvalue weighted by molar-refractivity contribution is 8.00. The number of hydrogen-bond donors (Lipinski definition) is 1. The Morgan fingerprint density at radius 2 is 2.04 bits per heavy atom. The highest BCUT2D eigenvalue weighted by Gasteiger charge is 2.12. The molecular weight excluding hydrogens is 358 g/mol. The van der Waals surface area contributed by atoms with Crippen molar-refractivity contribution in [2.24, 2.45) is 0 Å². The maximum Gasteiger partial charge on any atom is 0.234 e. The molecule has 0 saturated carbocycles. The zero-order chi connectivity index (χ0) is 17.6. The van der Waals surface area contributed by atoms with Gasteiger partial charge in [-0.1, -0.05) is 23.4 Å². The number of thioether (sulfide) groups is 1. The second kappa shape index (κ2) is 7.88. The third kappa shape index (κ3) is 4.41. The van der Waals surface area contributed by atoms with Gasteiger partial charge in [0.2, 0.25) is 5.91 Å². The van der Waals surface area contributed by atoms with Crippen molar-refractivity contribution in [2.45, 2.75) is 5.03 Å². The normalized spacial score (nSPS) is 10.2. The number of furan rings is 1. The molecule has 7 heteroatoms. The number of nitriles is 1. The lowest BCUT2D eigenvalue weighted by Gasteiger charge is -2.07. The van der Waals surface area contributed by atoms with Crippen LogP contribution in [-0.4, -0.2) is 16.6 Å².